The molecule has 7 heteroatoms. The molecule has 2 fully saturated rings. The quantitative estimate of drug-likeness (QED) is 0.749. The van der Waals surface area contributed by atoms with Crippen LogP contribution < -0.4 is 9.64 Å². The molecular weight excluding hydrogens is 344 g/mol. The fourth-order valence-corrected chi connectivity index (χ4v) is 3.64. The van der Waals surface area contributed by atoms with Crippen LogP contribution >= 0.6 is 0 Å². The summed E-state index contributed by atoms with van der Waals surface area (Å²) < 4.78 is 18.7. The lowest BCUT2D eigenvalue weighted by molar-refractivity contribution is -0.228. The van der Waals surface area contributed by atoms with Crippen molar-refractivity contribution < 1.29 is 14.2 Å². The lowest BCUT2D eigenvalue weighted by atomic mass is 9.90. The molecule has 4 heterocycles. The largest absolute Gasteiger partial charge is 0.480 e. The highest BCUT2D eigenvalue weighted by atomic mass is 16.6. The van der Waals surface area contributed by atoms with Crippen molar-refractivity contribution in [2.75, 3.05) is 38.4 Å². The zero-order valence-electron chi connectivity index (χ0n) is 16.2. The first-order chi connectivity index (χ1) is 13.0. The Morgan fingerprint density at radius 2 is 2.15 bits per heavy atom. The van der Waals surface area contributed by atoms with Gasteiger partial charge in [0.25, 0.3) is 0 Å². The summed E-state index contributed by atoms with van der Waals surface area (Å²) in [5.41, 5.74) is 3.37. The van der Waals surface area contributed by atoms with Gasteiger partial charge in [0.2, 0.25) is 5.88 Å². The van der Waals surface area contributed by atoms with Crippen LogP contribution in [0.2, 0.25) is 0 Å². The van der Waals surface area contributed by atoms with Crippen molar-refractivity contribution in [3.8, 4) is 17.7 Å². The van der Waals surface area contributed by atoms with Crippen LogP contribution in [-0.2, 0) is 16.5 Å². The average molecular weight is 368 g/mol. The summed E-state index contributed by atoms with van der Waals surface area (Å²) in [6.45, 7) is 6.80. The van der Waals surface area contributed by atoms with Gasteiger partial charge in [-0.25, -0.2) is 4.98 Å². The third-order valence-electron chi connectivity index (χ3n) is 5.33. The van der Waals surface area contributed by atoms with E-state index in [2.05, 4.69) is 33.7 Å². The second-order valence-corrected chi connectivity index (χ2v) is 7.08. The second-order valence-electron chi connectivity index (χ2n) is 7.08. The van der Waals surface area contributed by atoms with Crippen molar-refractivity contribution in [2.45, 2.75) is 25.5 Å². The Morgan fingerprint density at radius 3 is 2.78 bits per heavy atom. The minimum absolute atomic E-state index is 0.166. The number of nitrogens with zero attached hydrogens (tertiary/aromatic N) is 4. The third kappa shape index (κ3) is 3.15. The van der Waals surface area contributed by atoms with Gasteiger partial charge in [-0.3, -0.25) is 4.68 Å². The van der Waals surface area contributed by atoms with E-state index in [1.54, 1.807) is 18.0 Å². The van der Waals surface area contributed by atoms with Crippen LogP contribution in [0.3, 0.4) is 0 Å². The van der Waals surface area contributed by atoms with Gasteiger partial charge >= 0.3 is 0 Å². The SMILES string of the molecule is COc1ncc(C#Cc2cn(C)nc2C)cc1N1CCOC2(COC2)C1C. The molecule has 142 valence electrons. The van der Waals surface area contributed by atoms with E-state index in [0.29, 0.717) is 25.7 Å². The van der Waals surface area contributed by atoms with Crippen molar-refractivity contribution in [1.82, 2.24) is 14.8 Å². The van der Waals surface area contributed by atoms with Crippen LogP contribution in [0.25, 0.3) is 0 Å². The van der Waals surface area contributed by atoms with Crippen LogP contribution in [0.1, 0.15) is 23.7 Å². The lowest BCUT2D eigenvalue weighted by Crippen LogP contribution is -2.68. The van der Waals surface area contributed by atoms with E-state index >= 15 is 0 Å². The molecule has 0 saturated carbocycles. The molecule has 0 aliphatic carbocycles. The molecule has 1 unspecified atom stereocenters. The number of pyridine rings is 1. The number of anilines is 1. The molecule has 2 aromatic heterocycles. The van der Waals surface area contributed by atoms with E-state index in [-0.39, 0.29) is 11.6 Å². The topological polar surface area (TPSA) is 61.6 Å². The van der Waals surface area contributed by atoms with Gasteiger partial charge in [0.1, 0.15) is 11.3 Å². The Balaban J connectivity index is 1.66. The smallest absolute Gasteiger partial charge is 0.237 e. The Labute approximate surface area is 159 Å². The number of morpholine rings is 1. The first-order valence-electron chi connectivity index (χ1n) is 9.07. The average Bonchev–Trinajstić information content (AvgIpc) is 2.96. The van der Waals surface area contributed by atoms with Crippen molar-refractivity contribution in [3.05, 3.63) is 35.3 Å². The molecular formula is C20H24N4O3. The maximum Gasteiger partial charge on any atom is 0.237 e. The minimum Gasteiger partial charge on any atom is -0.480 e. The van der Waals surface area contributed by atoms with Crippen LogP contribution in [0, 0.1) is 18.8 Å². The summed E-state index contributed by atoms with van der Waals surface area (Å²) in [7, 11) is 3.54. The summed E-state index contributed by atoms with van der Waals surface area (Å²) >= 11 is 0. The first kappa shape index (κ1) is 17.8. The Hall–Kier alpha value is -2.56. The Bertz CT molecular complexity index is 908. The number of aryl methyl sites for hydroxylation is 2. The molecule has 0 radical (unpaired) electrons. The van der Waals surface area contributed by atoms with E-state index in [9.17, 15) is 0 Å². The van der Waals surface area contributed by atoms with Gasteiger partial charge in [-0.05, 0) is 19.9 Å². The van der Waals surface area contributed by atoms with Gasteiger partial charge in [-0.2, -0.15) is 5.10 Å². The molecule has 1 atom stereocenters. The lowest BCUT2D eigenvalue weighted by Gasteiger charge is -2.53. The van der Waals surface area contributed by atoms with Crippen LogP contribution in [-0.4, -0.2) is 59.9 Å². The van der Waals surface area contributed by atoms with Gasteiger partial charge in [0.15, 0.2) is 0 Å². The first-order valence-corrected chi connectivity index (χ1v) is 9.07. The molecule has 0 bridgehead atoms. The minimum atomic E-state index is -0.238. The van der Waals surface area contributed by atoms with E-state index in [1.807, 2.05) is 26.2 Å². The molecule has 0 aromatic carbocycles. The van der Waals surface area contributed by atoms with Crippen LogP contribution in [0.5, 0.6) is 5.88 Å². The predicted molar refractivity (Wildman–Crippen MR) is 101 cm³/mol. The number of hydrogen-bond acceptors (Lipinski definition) is 6. The highest BCUT2D eigenvalue weighted by Crippen LogP contribution is 2.38. The summed E-state index contributed by atoms with van der Waals surface area (Å²) in [5.74, 6) is 6.99. The summed E-state index contributed by atoms with van der Waals surface area (Å²) in [6, 6.07) is 2.21. The Kier molecular flexibility index (Phi) is 4.54. The van der Waals surface area contributed by atoms with Crippen molar-refractivity contribution in [3.63, 3.8) is 0 Å². The molecule has 2 aliphatic rings. The molecule has 0 N–H and O–H groups in total. The monoisotopic (exact) mass is 368 g/mol. The molecule has 2 saturated heterocycles. The fraction of sp³-hybridized carbons (Fsp3) is 0.500. The van der Waals surface area contributed by atoms with E-state index < -0.39 is 0 Å². The van der Waals surface area contributed by atoms with Gasteiger partial charge in [-0.15, -0.1) is 0 Å². The molecule has 4 rings (SSSR count). The van der Waals surface area contributed by atoms with E-state index in [0.717, 1.165) is 29.1 Å². The highest BCUT2D eigenvalue weighted by molar-refractivity contribution is 5.60. The van der Waals surface area contributed by atoms with Crippen LogP contribution in [0.15, 0.2) is 18.5 Å². The van der Waals surface area contributed by atoms with Crippen molar-refractivity contribution in [1.29, 1.82) is 0 Å². The fourth-order valence-electron chi connectivity index (χ4n) is 3.64. The van der Waals surface area contributed by atoms with E-state index in [1.165, 1.54) is 0 Å². The van der Waals surface area contributed by atoms with Crippen molar-refractivity contribution in [2.24, 2.45) is 7.05 Å². The van der Waals surface area contributed by atoms with E-state index in [4.69, 9.17) is 14.2 Å². The normalized spacial score (nSPS) is 20.7. The zero-order valence-corrected chi connectivity index (χ0v) is 16.2. The summed E-state index contributed by atoms with van der Waals surface area (Å²) in [6.07, 6.45) is 3.67. The molecule has 2 aromatic rings. The second kappa shape index (κ2) is 6.87. The van der Waals surface area contributed by atoms with Gasteiger partial charge in [-0.1, -0.05) is 11.8 Å². The summed E-state index contributed by atoms with van der Waals surface area (Å²) in [4.78, 5) is 6.77. The number of aromatic nitrogens is 3. The van der Waals surface area contributed by atoms with Crippen molar-refractivity contribution >= 4 is 5.69 Å². The highest BCUT2D eigenvalue weighted by Gasteiger charge is 2.50. The molecule has 1 spiro atoms. The maximum absolute atomic E-state index is 6.02. The number of hydrogen-bond donors (Lipinski definition) is 0. The van der Waals surface area contributed by atoms with Gasteiger partial charge in [0.05, 0.1) is 44.2 Å². The maximum atomic E-state index is 6.02. The number of rotatable bonds is 2. The number of ether oxygens (including phenoxy) is 3. The predicted octanol–water partition coefficient (Wildman–Crippen LogP) is 1.53. The molecule has 27 heavy (non-hydrogen) atoms. The number of methoxy groups -OCH3 is 1. The molecule has 0 amide bonds. The molecule has 2 aliphatic heterocycles. The standard InChI is InChI=1S/C20H24N4O3/c1-14-17(11-23(3)22-14)6-5-16-9-18(19(25-4)21-10-16)24-7-8-27-20(15(24)2)12-26-13-20/h9-11,15H,7-8,12-13H2,1-4H3. The third-order valence-corrected chi connectivity index (χ3v) is 5.33. The molecule has 7 nitrogen and oxygen atoms in total. The Morgan fingerprint density at radius 1 is 1.33 bits per heavy atom. The zero-order chi connectivity index (χ0) is 19.0. The van der Waals surface area contributed by atoms with Crippen LogP contribution in [0.4, 0.5) is 5.69 Å². The van der Waals surface area contributed by atoms with Gasteiger partial charge in [0, 0.05) is 31.5 Å². The van der Waals surface area contributed by atoms with Gasteiger partial charge < -0.3 is 19.1 Å². The summed E-state index contributed by atoms with van der Waals surface area (Å²) in [5, 5.41) is 4.33.